The van der Waals surface area contributed by atoms with Gasteiger partial charge in [0.1, 0.15) is 12.6 Å². The van der Waals surface area contributed by atoms with Crippen LogP contribution in [-0.2, 0) is 26.2 Å². The zero-order valence-electron chi connectivity index (χ0n) is 22.4. The molecule has 7 nitrogen and oxygen atoms in total. The van der Waals surface area contributed by atoms with Crippen molar-refractivity contribution in [1.29, 1.82) is 0 Å². The van der Waals surface area contributed by atoms with E-state index in [0.717, 1.165) is 20.8 Å². The molecule has 3 aromatic rings. The van der Waals surface area contributed by atoms with Gasteiger partial charge in [-0.05, 0) is 80.8 Å². The van der Waals surface area contributed by atoms with Gasteiger partial charge in [0.25, 0.3) is 10.0 Å². The van der Waals surface area contributed by atoms with E-state index in [1.165, 1.54) is 29.2 Å². The lowest BCUT2D eigenvalue weighted by atomic mass is 10.1. The van der Waals surface area contributed by atoms with Crippen molar-refractivity contribution in [3.05, 3.63) is 93.4 Å². The number of sulfonamides is 1. The summed E-state index contributed by atoms with van der Waals surface area (Å²) >= 11 is 9.41. The average molecular weight is 635 g/mol. The van der Waals surface area contributed by atoms with Gasteiger partial charge < -0.3 is 10.2 Å². The molecule has 10 heteroatoms. The molecule has 0 saturated heterocycles. The molecule has 0 aliphatic heterocycles. The van der Waals surface area contributed by atoms with E-state index in [2.05, 4.69) is 21.2 Å². The van der Waals surface area contributed by atoms with Crippen LogP contribution >= 0.6 is 27.5 Å². The molecule has 2 atom stereocenters. The second-order valence-corrected chi connectivity index (χ2v) is 12.6. The summed E-state index contributed by atoms with van der Waals surface area (Å²) in [5, 5.41) is 3.33. The number of nitrogens with zero attached hydrogens (tertiary/aromatic N) is 2. The van der Waals surface area contributed by atoms with Crippen LogP contribution in [0.3, 0.4) is 0 Å². The van der Waals surface area contributed by atoms with Crippen LogP contribution in [0.15, 0.2) is 82.2 Å². The maximum Gasteiger partial charge on any atom is 0.264 e. The van der Waals surface area contributed by atoms with E-state index in [4.69, 9.17) is 11.6 Å². The van der Waals surface area contributed by atoms with Crippen molar-refractivity contribution in [2.75, 3.05) is 10.8 Å². The van der Waals surface area contributed by atoms with Gasteiger partial charge in [-0.25, -0.2) is 8.42 Å². The van der Waals surface area contributed by atoms with Crippen LogP contribution in [0.4, 0.5) is 5.69 Å². The topological polar surface area (TPSA) is 86.8 Å². The molecule has 0 heterocycles. The van der Waals surface area contributed by atoms with Crippen LogP contribution in [0.2, 0.25) is 5.02 Å². The van der Waals surface area contributed by atoms with Crippen LogP contribution in [0.1, 0.15) is 38.3 Å². The van der Waals surface area contributed by atoms with Crippen molar-refractivity contribution in [3.8, 4) is 0 Å². The van der Waals surface area contributed by atoms with Gasteiger partial charge in [-0.15, -0.1) is 0 Å². The fraction of sp³-hybridized carbons (Fsp3) is 0.310. The van der Waals surface area contributed by atoms with Gasteiger partial charge in [0.15, 0.2) is 0 Å². The number of anilines is 1. The Bertz CT molecular complexity index is 1400. The van der Waals surface area contributed by atoms with Crippen molar-refractivity contribution in [3.63, 3.8) is 0 Å². The van der Waals surface area contributed by atoms with Crippen LogP contribution in [0.5, 0.6) is 0 Å². The van der Waals surface area contributed by atoms with E-state index in [-0.39, 0.29) is 23.4 Å². The first-order valence-corrected chi connectivity index (χ1v) is 15.2. The van der Waals surface area contributed by atoms with E-state index in [1.807, 2.05) is 38.1 Å². The summed E-state index contributed by atoms with van der Waals surface area (Å²) in [7, 11) is -4.15. The molecule has 3 rings (SSSR count). The Hall–Kier alpha value is -2.88. The lowest BCUT2D eigenvalue weighted by molar-refractivity contribution is -0.139. The second kappa shape index (κ2) is 13.5. The molecule has 39 heavy (non-hydrogen) atoms. The summed E-state index contributed by atoms with van der Waals surface area (Å²) in [5.41, 5.74) is 1.86. The van der Waals surface area contributed by atoms with Gasteiger partial charge >= 0.3 is 0 Å². The third-order valence-corrected chi connectivity index (χ3v) is 9.05. The number of amides is 2. The van der Waals surface area contributed by atoms with Crippen LogP contribution in [0.25, 0.3) is 0 Å². The third-order valence-electron chi connectivity index (χ3n) is 6.50. The molecule has 208 valence electrons. The number of rotatable bonds is 11. The highest BCUT2D eigenvalue weighted by Crippen LogP contribution is 2.28. The fourth-order valence-corrected chi connectivity index (χ4v) is 5.79. The Labute approximate surface area is 244 Å². The Morgan fingerprint density at radius 3 is 2.18 bits per heavy atom. The highest BCUT2D eigenvalue weighted by Gasteiger charge is 2.33. The van der Waals surface area contributed by atoms with E-state index in [0.29, 0.717) is 16.3 Å². The molecule has 0 unspecified atom stereocenters. The maximum absolute atomic E-state index is 14.0. The number of halogens is 2. The maximum atomic E-state index is 14.0. The minimum absolute atomic E-state index is 0.00461. The molecule has 0 aliphatic rings. The first-order chi connectivity index (χ1) is 18.4. The number of para-hydroxylation sites is 1. The lowest BCUT2D eigenvalue weighted by Crippen LogP contribution is -2.52. The molecule has 0 radical (unpaired) electrons. The Kier molecular flexibility index (Phi) is 10.6. The Morgan fingerprint density at radius 2 is 1.59 bits per heavy atom. The lowest BCUT2D eigenvalue weighted by Gasteiger charge is -2.33. The first-order valence-electron chi connectivity index (χ1n) is 12.6. The first kappa shape index (κ1) is 30.7. The van der Waals surface area contributed by atoms with Gasteiger partial charge in [0.2, 0.25) is 11.8 Å². The normalized spacial score (nSPS) is 12.9. The molecular formula is C29H33BrClN3O4S. The van der Waals surface area contributed by atoms with Crippen LogP contribution < -0.4 is 9.62 Å². The van der Waals surface area contributed by atoms with Crippen LogP contribution in [-0.4, -0.2) is 43.8 Å². The molecule has 0 fully saturated rings. The summed E-state index contributed by atoms with van der Waals surface area (Å²) in [6, 6.07) is 19.3. The van der Waals surface area contributed by atoms with E-state index >= 15 is 0 Å². The smallest absolute Gasteiger partial charge is 0.264 e. The molecular weight excluding hydrogens is 602 g/mol. The molecule has 0 aromatic heterocycles. The van der Waals surface area contributed by atoms with E-state index < -0.39 is 28.5 Å². The average Bonchev–Trinajstić information content (AvgIpc) is 2.91. The standard InChI is InChI=1S/C29H33BrClN3O4S/c1-5-21(3)32-29(36)22(4)33(18-23-10-12-24(30)13-11-23)28(35)19-34(27-9-7-6-8-20(27)2)39(37,38)26-16-14-25(31)15-17-26/h6-17,21-22H,5,18-19H2,1-4H3,(H,32,36)/t21-,22+/m1/s1. The molecule has 2 amide bonds. The van der Waals surface area contributed by atoms with Gasteiger partial charge in [0, 0.05) is 22.1 Å². The van der Waals surface area contributed by atoms with Crippen molar-refractivity contribution in [2.45, 2.75) is 57.6 Å². The van der Waals surface area contributed by atoms with Gasteiger partial charge in [0.05, 0.1) is 10.6 Å². The van der Waals surface area contributed by atoms with E-state index in [1.54, 1.807) is 38.1 Å². The highest BCUT2D eigenvalue weighted by molar-refractivity contribution is 9.10. The Balaban J connectivity index is 2.03. The Morgan fingerprint density at radius 1 is 0.974 bits per heavy atom. The molecule has 0 bridgehead atoms. The molecule has 1 N–H and O–H groups in total. The van der Waals surface area contributed by atoms with Crippen molar-refractivity contribution < 1.29 is 18.0 Å². The molecule has 0 saturated carbocycles. The van der Waals surface area contributed by atoms with Gasteiger partial charge in [-0.1, -0.05) is 64.8 Å². The number of nitrogens with one attached hydrogen (secondary N) is 1. The summed E-state index contributed by atoms with van der Waals surface area (Å²) < 4.78 is 29.7. The van der Waals surface area contributed by atoms with Gasteiger partial charge in [-0.2, -0.15) is 0 Å². The van der Waals surface area contributed by atoms with Crippen molar-refractivity contribution >= 4 is 55.1 Å². The highest BCUT2D eigenvalue weighted by atomic mass is 79.9. The van der Waals surface area contributed by atoms with Crippen molar-refractivity contribution in [1.82, 2.24) is 10.2 Å². The summed E-state index contributed by atoms with van der Waals surface area (Å²) in [5.74, 6) is -0.816. The molecule has 3 aromatic carbocycles. The minimum Gasteiger partial charge on any atom is -0.352 e. The zero-order valence-corrected chi connectivity index (χ0v) is 25.6. The number of hydrogen-bond acceptors (Lipinski definition) is 4. The number of carbonyl (C=O) groups excluding carboxylic acids is 2. The zero-order chi connectivity index (χ0) is 28.7. The third kappa shape index (κ3) is 7.84. The summed E-state index contributed by atoms with van der Waals surface area (Å²) in [6.45, 7) is 6.93. The van der Waals surface area contributed by atoms with Gasteiger partial charge in [-0.3, -0.25) is 13.9 Å². The predicted octanol–water partition coefficient (Wildman–Crippen LogP) is 5.94. The molecule has 0 aliphatic carbocycles. The van der Waals surface area contributed by atoms with Crippen molar-refractivity contribution in [2.24, 2.45) is 0 Å². The van der Waals surface area contributed by atoms with Crippen LogP contribution in [0, 0.1) is 6.92 Å². The summed E-state index contributed by atoms with van der Waals surface area (Å²) in [4.78, 5) is 28.5. The monoisotopic (exact) mass is 633 g/mol. The molecule has 0 spiro atoms. The number of aryl methyl sites for hydroxylation is 1. The number of benzene rings is 3. The van der Waals surface area contributed by atoms with E-state index in [9.17, 15) is 18.0 Å². The number of hydrogen-bond donors (Lipinski definition) is 1. The quantitative estimate of drug-likeness (QED) is 0.283. The SMILES string of the molecule is CC[C@@H](C)NC(=O)[C@H](C)N(Cc1ccc(Br)cc1)C(=O)CN(c1ccccc1C)S(=O)(=O)c1ccc(Cl)cc1. The predicted molar refractivity (Wildman–Crippen MR) is 159 cm³/mol. The minimum atomic E-state index is -4.15. The fourth-order valence-electron chi connectivity index (χ4n) is 3.93. The second-order valence-electron chi connectivity index (χ2n) is 9.39. The summed E-state index contributed by atoms with van der Waals surface area (Å²) in [6.07, 6.45) is 0.736. The largest absolute Gasteiger partial charge is 0.352 e. The number of carbonyl (C=O) groups is 2.